The molecule has 2 heterocycles. The van der Waals surface area contributed by atoms with Gasteiger partial charge in [0.1, 0.15) is 18.0 Å². The molecule has 1 aromatic rings. The van der Waals surface area contributed by atoms with Crippen LogP contribution in [0, 0.1) is 11.3 Å². The smallest absolute Gasteiger partial charge is 0.119 e. The second kappa shape index (κ2) is 7.43. The molecular weight excluding hydrogens is 324 g/mol. The molecule has 0 saturated carbocycles. The van der Waals surface area contributed by atoms with E-state index in [2.05, 4.69) is 13.5 Å². The summed E-state index contributed by atoms with van der Waals surface area (Å²) in [6, 6.07) is 7.27. The van der Waals surface area contributed by atoms with Gasteiger partial charge in [0, 0.05) is 11.3 Å². The number of rotatable bonds is 6. The van der Waals surface area contributed by atoms with Crippen molar-refractivity contribution in [2.45, 2.75) is 31.3 Å². The maximum atomic E-state index is 10.4. The molecule has 5 atom stereocenters. The highest BCUT2D eigenvalue weighted by molar-refractivity contribution is 5.31. The zero-order valence-electron chi connectivity index (χ0n) is 14.4. The van der Waals surface area contributed by atoms with Crippen molar-refractivity contribution in [3.05, 3.63) is 42.5 Å². The van der Waals surface area contributed by atoms with Crippen LogP contribution in [0.3, 0.4) is 0 Å². The Morgan fingerprint density at radius 3 is 2.68 bits per heavy atom. The predicted molar refractivity (Wildman–Crippen MR) is 91.3 cm³/mol. The Hall–Kier alpha value is -1.44. The summed E-state index contributed by atoms with van der Waals surface area (Å²) in [5, 5.41) is 30.3. The maximum Gasteiger partial charge on any atom is 0.119 e. The fraction of sp³-hybridized carbons (Fsp3) is 0.579. The predicted octanol–water partition coefficient (Wildman–Crippen LogP) is 1.06. The third kappa shape index (κ3) is 3.73. The van der Waals surface area contributed by atoms with Gasteiger partial charge in [-0.25, -0.2) is 0 Å². The van der Waals surface area contributed by atoms with Crippen molar-refractivity contribution in [1.82, 2.24) is 0 Å². The van der Waals surface area contributed by atoms with Crippen molar-refractivity contribution in [3.8, 4) is 5.75 Å². The summed E-state index contributed by atoms with van der Waals surface area (Å²) in [6.45, 7) is 7.41. The van der Waals surface area contributed by atoms with E-state index in [9.17, 15) is 15.3 Å². The van der Waals surface area contributed by atoms with Gasteiger partial charge in [-0.3, -0.25) is 0 Å². The molecule has 3 N–H and O–H groups in total. The first-order chi connectivity index (χ1) is 12.0. The molecule has 2 saturated heterocycles. The van der Waals surface area contributed by atoms with Crippen molar-refractivity contribution < 1.29 is 29.5 Å². The molecule has 0 amide bonds. The normalized spacial score (nSPS) is 34.2. The Bertz CT molecular complexity index is 597. The summed E-state index contributed by atoms with van der Waals surface area (Å²) in [5.74, 6) is 0.150. The second-order valence-corrected chi connectivity index (χ2v) is 7.24. The highest BCUT2D eigenvalue weighted by Crippen LogP contribution is 2.37. The number of aliphatic hydroxyl groups excluding tert-OH is 3. The van der Waals surface area contributed by atoms with E-state index in [4.69, 9.17) is 14.2 Å². The third-order valence-corrected chi connectivity index (χ3v) is 4.93. The molecule has 5 unspecified atom stereocenters. The van der Waals surface area contributed by atoms with Gasteiger partial charge in [0.25, 0.3) is 0 Å². The van der Waals surface area contributed by atoms with Crippen molar-refractivity contribution in [2.75, 3.05) is 26.4 Å². The molecule has 3 rings (SSSR count). The first kappa shape index (κ1) is 18.4. The lowest BCUT2D eigenvalue weighted by Crippen LogP contribution is -2.51. The average molecular weight is 350 g/mol. The molecule has 0 radical (unpaired) electrons. The monoisotopic (exact) mass is 350 g/mol. The van der Waals surface area contributed by atoms with E-state index in [1.165, 1.54) is 6.08 Å². The van der Waals surface area contributed by atoms with Gasteiger partial charge in [-0.15, -0.1) is 6.58 Å². The van der Waals surface area contributed by atoms with Crippen LogP contribution >= 0.6 is 0 Å². The van der Waals surface area contributed by atoms with Gasteiger partial charge in [-0.2, -0.15) is 0 Å². The van der Waals surface area contributed by atoms with E-state index < -0.39 is 30.3 Å². The summed E-state index contributed by atoms with van der Waals surface area (Å²) in [6.07, 6.45) is -2.01. The zero-order valence-corrected chi connectivity index (χ0v) is 14.4. The quantitative estimate of drug-likeness (QED) is 0.665. The van der Waals surface area contributed by atoms with Crippen molar-refractivity contribution in [2.24, 2.45) is 11.3 Å². The van der Waals surface area contributed by atoms with Crippen LogP contribution in [-0.2, 0) is 9.47 Å². The number of ether oxygens (including phenoxy) is 3. The zero-order chi connectivity index (χ0) is 18.0. The van der Waals surface area contributed by atoms with Gasteiger partial charge >= 0.3 is 0 Å². The van der Waals surface area contributed by atoms with Gasteiger partial charge in [0.15, 0.2) is 0 Å². The molecule has 0 aliphatic carbocycles. The molecule has 2 aliphatic heterocycles. The summed E-state index contributed by atoms with van der Waals surface area (Å²) in [7, 11) is 0. The van der Waals surface area contributed by atoms with Gasteiger partial charge < -0.3 is 29.5 Å². The highest BCUT2D eigenvalue weighted by Gasteiger charge is 2.43. The van der Waals surface area contributed by atoms with Gasteiger partial charge in [0.05, 0.1) is 38.6 Å². The number of hydrogen-bond donors (Lipinski definition) is 3. The Morgan fingerprint density at radius 2 is 2.08 bits per heavy atom. The molecule has 2 fully saturated rings. The lowest BCUT2D eigenvalue weighted by molar-refractivity contribution is -0.200. The molecule has 25 heavy (non-hydrogen) atoms. The Kier molecular flexibility index (Phi) is 5.46. The average Bonchev–Trinajstić information content (AvgIpc) is 2.60. The van der Waals surface area contributed by atoms with E-state index in [0.717, 1.165) is 0 Å². The Morgan fingerprint density at radius 1 is 1.32 bits per heavy atom. The molecule has 138 valence electrons. The number of hydrogen-bond acceptors (Lipinski definition) is 6. The van der Waals surface area contributed by atoms with E-state index in [0.29, 0.717) is 31.1 Å². The Balaban J connectivity index is 1.74. The number of benzene rings is 1. The summed E-state index contributed by atoms with van der Waals surface area (Å²) in [5.41, 5.74) is 0.728. The van der Waals surface area contributed by atoms with Crippen LogP contribution in [0.1, 0.15) is 18.6 Å². The van der Waals surface area contributed by atoms with Crippen LogP contribution in [0.2, 0.25) is 0 Å². The lowest BCUT2D eigenvalue weighted by Gasteiger charge is -2.41. The molecule has 6 nitrogen and oxygen atoms in total. The fourth-order valence-electron chi connectivity index (χ4n) is 3.29. The van der Waals surface area contributed by atoms with Crippen LogP contribution in [0.4, 0.5) is 0 Å². The molecule has 1 aromatic carbocycles. The SMILES string of the molecule is C=CC1C(CO)OC(c2cccc(OCC3(C)COC3)c2)C(O)C1O. The molecule has 0 bridgehead atoms. The standard InChI is InChI=1S/C19H26O6/c1-3-14-15(8-20)25-18(17(22)16(14)21)12-5-4-6-13(7-12)24-11-19(2)9-23-10-19/h3-7,14-18,20-22H,1,8-11H2,2H3. The van der Waals surface area contributed by atoms with Crippen LogP contribution in [-0.4, -0.2) is 60.1 Å². The largest absolute Gasteiger partial charge is 0.493 e. The lowest BCUT2D eigenvalue weighted by atomic mass is 9.85. The Labute approximate surface area is 147 Å². The van der Waals surface area contributed by atoms with Crippen LogP contribution in [0.5, 0.6) is 5.75 Å². The third-order valence-electron chi connectivity index (χ3n) is 4.93. The molecule has 6 heteroatoms. The van der Waals surface area contributed by atoms with Gasteiger partial charge in [0.2, 0.25) is 0 Å². The summed E-state index contributed by atoms with van der Waals surface area (Å²) >= 11 is 0. The maximum absolute atomic E-state index is 10.4. The van der Waals surface area contributed by atoms with Crippen LogP contribution < -0.4 is 4.74 Å². The van der Waals surface area contributed by atoms with Gasteiger partial charge in [-0.1, -0.05) is 25.1 Å². The van der Waals surface area contributed by atoms with Gasteiger partial charge in [-0.05, 0) is 17.7 Å². The van der Waals surface area contributed by atoms with E-state index in [-0.39, 0.29) is 12.0 Å². The molecule has 0 spiro atoms. The van der Waals surface area contributed by atoms with E-state index in [1.54, 1.807) is 6.07 Å². The minimum atomic E-state index is -1.11. The second-order valence-electron chi connectivity index (χ2n) is 7.24. The highest BCUT2D eigenvalue weighted by atomic mass is 16.5. The summed E-state index contributed by atoms with van der Waals surface area (Å²) < 4.78 is 16.9. The van der Waals surface area contributed by atoms with Crippen molar-refractivity contribution >= 4 is 0 Å². The minimum Gasteiger partial charge on any atom is -0.493 e. The molecule has 0 aromatic heterocycles. The first-order valence-electron chi connectivity index (χ1n) is 8.53. The van der Waals surface area contributed by atoms with Crippen LogP contribution in [0.25, 0.3) is 0 Å². The van der Waals surface area contributed by atoms with Crippen molar-refractivity contribution in [3.63, 3.8) is 0 Å². The fourth-order valence-corrected chi connectivity index (χ4v) is 3.29. The van der Waals surface area contributed by atoms with E-state index >= 15 is 0 Å². The summed E-state index contributed by atoms with van der Waals surface area (Å²) in [4.78, 5) is 0. The van der Waals surface area contributed by atoms with E-state index in [1.807, 2.05) is 18.2 Å². The molecule has 2 aliphatic rings. The van der Waals surface area contributed by atoms with Crippen molar-refractivity contribution in [1.29, 1.82) is 0 Å². The minimum absolute atomic E-state index is 0.0339. The topological polar surface area (TPSA) is 88.4 Å². The molecular formula is C19H26O6. The number of aliphatic hydroxyl groups is 3. The first-order valence-corrected chi connectivity index (χ1v) is 8.53. The van der Waals surface area contributed by atoms with Crippen LogP contribution in [0.15, 0.2) is 36.9 Å².